The van der Waals surface area contributed by atoms with E-state index in [1.165, 1.54) is 0 Å². The van der Waals surface area contributed by atoms with Crippen molar-refractivity contribution >= 4 is 23.4 Å². The lowest BCUT2D eigenvalue weighted by Crippen LogP contribution is -2.45. The lowest BCUT2D eigenvalue weighted by atomic mass is 10.1. The van der Waals surface area contributed by atoms with Crippen molar-refractivity contribution in [3.63, 3.8) is 0 Å². The molecule has 8 heteroatoms. The first kappa shape index (κ1) is 18.3. The van der Waals surface area contributed by atoms with E-state index in [0.717, 1.165) is 39.3 Å². The number of para-hydroxylation sites is 1. The number of carbonyl (C=O) groups is 3. The van der Waals surface area contributed by atoms with Crippen molar-refractivity contribution in [3.8, 4) is 0 Å². The van der Waals surface area contributed by atoms with Gasteiger partial charge >= 0.3 is 0 Å². The molecule has 1 atom stereocenters. The Labute approximate surface area is 152 Å². The molecular formula is C18H24N4O4. The molecule has 0 aliphatic carbocycles. The van der Waals surface area contributed by atoms with Gasteiger partial charge in [-0.15, -0.1) is 0 Å². The van der Waals surface area contributed by atoms with E-state index < -0.39 is 6.04 Å². The number of morpholine rings is 1. The fourth-order valence-electron chi connectivity index (χ4n) is 3.07. The second-order valence-corrected chi connectivity index (χ2v) is 6.42. The van der Waals surface area contributed by atoms with Crippen LogP contribution in [0.3, 0.4) is 0 Å². The van der Waals surface area contributed by atoms with E-state index in [0.29, 0.717) is 17.8 Å². The Hall–Kier alpha value is -2.45. The molecule has 0 aromatic heterocycles. The Bertz CT molecular complexity index is 673. The number of benzene rings is 1. The zero-order chi connectivity index (χ0) is 18.4. The van der Waals surface area contributed by atoms with Crippen molar-refractivity contribution < 1.29 is 19.1 Å². The van der Waals surface area contributed by atoms with Crippen molar-refractivity contribution in [1.82, 2.24) is 15.5 Å². The van der Waals surface area contributed by atoms with Crippen LogP contribution in [0.25, 0.3) is 0 Å². The number of carbonyl (C=O) groups excluding carboxylic acids is 3. The van der Waals surface area contributed by atoms with Gasteiger partial charge in [0.25, 0.3) is 5.91 Å². The molecule has 140 valence electrons. The van der Waals surface area contributed by atoms with Gasteiger partial charge in [0.2, 0.25) is 11.8 Å². The summed E-state index contributed by atoms with van der Waals surface area (Å²) < 4.78 is 5.30. The van der Waals surface area contributed by atoms with Gasteiger partial charge in [0.1, 0.15) is 6.04 Å². The second-order valence-electron chi connectivity index (χ2n) is 6.42. The van der Waals surface area contributed by atoms with E-state index in [-0.39, 0.29) is 24.1 Å². The average Bonchev–Trinajstić information content (AvgIpc) is 2.76. The van der Waals surface area contributed by atoms with Crippen LogP contribution in [0.5, 0.6) is 0 Å². The number of ether oxygens (including phenoxy) is 1. The third-order valence-corrected chi connectivity index (χ3v) is 4.52. The van der Waals surface area contributed by atoms with Crippen LogP contribution >= 0.6 is 0 Å². The first-order chi connectivity index (χ1) is 12.6. The van der Waals surface area contributed by atoms with Crippen molar-refractivity contribution in [2.75, 3.05) is 44.7 Å². The molecule has 2 heterocycles. The summed E-state index contributed by atoms with van der Waals surface area (Å²) in [6.45, 7) is 4.79. The maximum atomic E-state index is 12.3. The smallest absolute Gasteiger partial charge is 0.254 e. The largest absolute Gasteiger partial charge is 0.379 e. The summed E-state index contributed by atoms with van der Waals surface area (Å²) >= 11 is 0. The normalized spacial score (nSPS) is 20.5. The van der Waals surface area contributed by atoms with E-state index in [2.05, 4.69) is 20.9 Å². The van der Waals surface area contributed by atoms with Gasteiger partial charge in [-0.1, -0.05) is 12.1 Å². The molecule has 2 aliphatic heterocycles. The van der Waals surface area contributed by atoms with Crippen molar-refractivity contribution in [2.45, 2.75) is 18.9 Å². The van der Waals surface area contributed by atoms with E-state index in [1.807, 2.05) is 0 Å². The highest BCUT2D eigenvalue weighted by Gasteiger charge is 2.29. The maximum Gasteiger partial charge on any atom is 0.254 e. The third-order valence-electron chi connectivity index (χ3n) is 4.52. The summed E-state index contributed by atoms with van der Waals surface area (Å²) in [5.74, 6) is -0.991. The van der Waals surface area contributed by atoms with Crippen molar-refractivity contribution in [3.05, 3.63) is 29.8 Å². The van der Waals surface area contributed by atoms with Gasteiger partial charge in [-0.05, 0) is 25.1 Å². The Morgan fingerprint density at radius 2 is 2.00 bits per heavy atom. The highest BCUT2D eigenvalue weighted by atomic mass is 16.5. The molecule has 2 aliphatic rings. The number of rotatable bonds is 6. The summed E-state index contributed by atoms with van der Waals surface area (Å²) in [7, 11) is 0. The third kappa shape index (κ3) is 4.80. The van der Waals surface area contributed by atoms with Crippen molar-refractivity contribution in [1.29, 1.82) is 0 Å². The van der Waals surface area contributed by atoms with E-state index in [9.17, 15) is 14.4 Å². The molecule has 3 N–H and O–H groups in total. The van der Waals surface area contributed by atoms with Gasteiger partial charge in [0.05, 0.1) is 30.9 Å². The highest BCUT2D eigenvalue weighted by molar-refractivity contribution is 6.10. The minimum absolute atomic E-state index is 0.0802. The lowest BCUT2D eigenvalue weighted by molar-refractivity contribution is -0.125. The van der Waals surface area contributed by atoms with Crippen LogP contribution in [0.2, 0.25) is 0 Å². The van der Waals surface area contributed by atoms with Crippen LogP contribution in [0.4, 0.5) is 5.69 Å². The molecule has 3 rings (SSSR count). The number of hydrogen-bond acceptors (Lipinski definition) is 5. The van der Waals surface area contributed by atoms with Gasteiger partial charge in [0, 0.05) is 19.6 Å². The number of amides is 3. The van der Waals surface area contributed by atoms with Gasteiger partial charge < -0.3 is 20.7 Å². The molecule has 1 unspecified atom stereocenters. The maximum absolute atomic E-state index is 12.3. The van der Waals surface area contributed by atoms with Crippen LogP contribution in [0.15, 0.2) is 24.3 Å². The van der Waals surface area contributed by atoms with E-state index in [1.54, 1.807) is 24.3 Å². The van der Waals surface area contributed by atoms with Gasteiger partial charge in [-0.2, -0.15) is 0 Å². The SMILES string of the molecule is O=C(CC1NC(=O)c2ccccc2NC1=O)NCCCN1CCOCC1. The molecule has 1 fully saturated rings. The Kier molecular flexibility index (Phi) is 6.19. The summed E-state index contributed by atoms with van der Waals surface area (Å²) in [6, 6.07) is 5.90. The summed E-state index contributed by atoms with van der Waals surface area (Å²) in [5.41, 5.74) is 0.859. The van der Waals surface area contributed by atoms with Crippen LogP contribution in [0, 0.1) is 0 Å². The van der Waals surface area contributed by atoms with E-state index >= 15 is 0 Å². The predicted octanol–water partition coefficient (Wildman–Crippen LogP) is -0.0343. The monoisotopic (exact) mass is 360 g/mol. The Morgan fingerprint density at radius 3 is 2.81 bits per heavy atom. The Morgan fingerprint density at radius 1 is 1.23 bits per heavy atom. The topological polar surface area (TPSA) is 99.8 Å². The zero-order valence-electron chi connectivity index (χ0n) is 14.6. The van der Waals surface area contributed by atoms with E-state index in [4.69, 9.17) is 4.74 Å². The van der Waals surface area contributed by atoms with Crippen LogP contribution in [-0.2, 0) is 14.3 Å². The molecule has 0 saturated carbocycles. The number of hydrogen-bond donors (Lipinski definition) is 3. The van der Waals surface area contributed by atoms with Crippen LogP contribution in [-0.4, -0.2) is 68.1 Å². The number of nitrogens with zero attached hydrogens (tertiary/aromatic N) is 1. The standard InChI is InChI=1S/C18H24N4O4/c23-16(19-6-3-7-22-8-10-26-11-9-22)12-15-18(25)20-14-5-2-1-4-13(14)17(24)21-15/h1-2,4-5,15H,3,6-12H2,(H,19,23)(H,20,25)(H,21,24). The second kappa shape index (κ2) is 8.77. The molecule has 3 amide bonds. The molecule has 0 radical (unpaired) electrons. The molecule has 1 aromatic carbocycles. The fourth-order valence-corrected chi connectivity index (χ4v) is 3.07. The van der Waals surface area contributed by atoms with Crippen LogP contribution in [0.1, 0.15) is 23.2 Å². The summed E-state index contributed by atoms with van der Waals surface area (Å²) in [5, 5.41) is 8.14. The molecule has 8 nitrogen and oxygen atoms in total. The Balaban J connectivity index is 1.44. The first-order valence-electron chi connectivity index (χ1n) is 8.91. The summed E-state index contributed by atoms with van der Waals surface area (Å²) in [6.07, 6.45) is 0.753. The molecular weight excluding hydrogens is 336 g/mol. The number of anilines is 1. The fraction of sp³-hybridized carbons (Fsp3) is 0.500. The molecule has 0 bridgehead atoms. The quantitative estimate of drug-likeness (QED) is 0.619. The van der Waals surface area contributed by atoms with Gasteiger partial charge in [0.15, 0.2) is 0 Å². The molecule has 26 heavy (non-hydrogen) atoms. The minimum atomic E-state index is -0.880. The van der Waals surface area contributed by atoms with Gasteiger partial charge in [-0.3, -0.25) is 19.3 Å². The van der Waals surface area contributed by atoms with Crippen LogP contribution < -0.4 is 16.0 Å². The zero-order valence-corrected chi connectivity index (χ0v) is 14.6. The first-order valence-corrected chi connectivity index (χ1v) is 8.91. The lowest BCUT2D eigenvalue weighted by Gasteiger charge is -2.26. The molecule has 0 spiro atoms. The van der Waals surface area contributed by atoms with Gasteiger partial charge in [-0.25, -0.2) is 0 Å². The number of fused-ring (bicyclic) bond motifs is 1. The molecule has 1 aromatic rings. The average molecular weight is 360 g/mol. The molecule has 1 saturated heterocycles. The number of nitrogens with one attached hydrogen (secondary N) is 3. The highest BCUT2D eigenvalue weighted by Crippen LogP contribution is 2.18. The minimum Gasteiger partial charge on any atom is -0.379 e. The summed E-state index contributed by atoms with van der Waals surface area (Å²) in [4.78, 5) is 38.9. The van der Waals surface area contributed by atoms with Crippen molar-refractivity contribution in [2.24, 2.45) is 0 Å². The predicted molar refractivity (Wildman–Crippen MR) is 95.8 cm³/mol.